The first-order chi connectivity index (χ1) is 10.9. The Morgan fingerprint density at radius 2 is 2.00 bits per heavy atom. The fourth-order valence-electron chi connectivity index (χ4n) is 3.04. The van der Waals surface area contributed by atoms with Gasteiger partial charge in [0.1, 0.15) is 5.75 Å². The van der Waals surface area contributed by atoms with Crippen LogP contribution in [-0.4, -0.2) is 21.1 Å². The summed E-state index contributed by atoms with van der Waals surface area (Å²) in [7, 11) is -3.46. The molecule has 0 saturated heterocycles. The van der Waals surface area contributed by atoms with E-state index in [9.17, 15) is 8.42 Å². The topological polar surface area (TPSA) is 55.4 Å². The molecule has 1 aliphatic rings. The molecular formula is C18H29NO3S. The van der Waals surface area contributed by atoms with E-state index in [4.69, 9.17) is 4.74 Å². The average Bonchev–Trinajstić information content (AvgIpc) is 2.51. The van der Waals surface area contributed by atoms with Crippen LogP contribution in [0.4, 0.5) is 0 Å². The summed E-state index contributed by atoms with van der Waals surface area (Å²) >= 11 is 0. The van der Waals surface area contributed by atoms with Crippen molar-refractivity contribution in [3.63, 3.8) is 0 Å². The van der Waals surface area contributed by atoms with Gasteiger partial charge in [-0.1, -0.05) is 33.1 Å². The monoisotopic (exact) mass is 339 g/mol. The zero-order valence-electron chi connectivity index (χ0n) is 14.5. The fourth-order valence-corrected chi connectivity index (χ4v) is 4.50. The van der Waals surface area contributed by atoms with Crippen molar-refractivity contribution in [2.75, 3.05) is 6.61 Å². The van der Waals surface area contributed by atoms with E-state index in [1.54, 1.807) is 18.2 Å². The number of benzene rings is 1. The Hall–Kier alpha value is -1.07. The molecule has 1 N–H and O–H groups in total. The third kappa shape index (κ3) is 4.95. The fraction of sp³-hybridized carbons (Fsp3) is 0.667. The standard InChI is InChI=1S/C18H29NO3S/c1-4-5-12-22-18-11-10-16(13-15(18)3)23(20,21)19-17-9-7-6-8-14(17)2/h10-11,13-14,17,19H,4-9,12H2,1-3H3/t14-,17-/m1/s1. The molecule has 1 fully saturated rings. The lowest BCUT2D eigenvalue weighted by atomic mass is 9.87. The lowest BCUT2D eigenvalue weighted by Crippen LogP contribution is -2.40. The number of unbranched alkanes of at least 4 members (excludes halogenated alkanes) is 1. The van der Waals surface area contributed by atoms with E-state index in [0.29, 0.717) is 17.4 Å². The zero-order chi connectivity index (χ0) is 16.9. The number of hydrogen-bond acceptors (Lipinski definition) is 3. The molecular weight excluding hydrogens is 310 g/mol. The summed E-state index contributed by atoms with van der Waals surface area (Å²) in [5, 5.41) is 0. The minimum atomic E-state index is -3.46. The van der Waals surface area contributed by atoms with Crippen LogP contribution in [0.3, 0.4) is 0 Å². The zero-order valence-corrected chi connectivity index (χ0v) is 15.3. The van der Waals surface area contributed by atoms with Crippen molar-refractivity contribution in [3.8, 4) is 5.75 Å². The van der Waals surface area contributed by atoms with Crippen molar-refractivity contribution in [1.29, 1.82) is 0 Å². The summed E-state index contributed by atoms with van der Waals surface area (Å²) in [6.07, 6.45) is 6.40. The molecule has 0 amide bonds. The van der Waals surface area contributed by atoms with E-state index in [1.165, 1.54) is 6.42 Å². The molecule has 1 aromatic rings. The second kappa shape index (κ2) is 8.15. The number of nitrogens with one attached hydrogen (secondary N) is 1. The lowest BCUT2D eigenvalue weighted by molar-refractivity contribution is 0.307. The normalized spacial score (nSPS) is 22.0. The number of sulfonamides is 1. The van der Waals surface area contributed by atoms with Gasteiger partial charge in [0.2, 0.25) is 10.0 Å². The Labute approximate surface area is 140 Å². The molecule has 0 bridgehead atoms. The van der Waals surface area contributed by atoms with Crippen LogP contribution in [-0.2, 0) is 10.0 Å². The molecule has 0 heterocycles. The smallest absolute Gasteiger partial charge is 0.240 e. The van der Waals surface area contributed by atoms with Crippen LogP contribution in [0.15, 0.2) is 23.1 Å². The van der Waals surface area contributed by atoms with Gasteiger partial charge in [0, 0.05) is 6.04 Å². The number of aryl methyl sites for hydroxylation is 1. The number of ether oxygens (including phenoxy) is 1. The highest BCUT2D eigenvalue weighted by atomic mass is 32.2. The molecule has 0 aromatic heterocycles. The Morgan fingerprint density at radius 3 is 2.65 bits per heavy atom. The van der Waals surface area contributed by atoms with Gasteiger partial charge in [-0.25, -0.2) is 13.1 Å². The SMILES string of the molecule is CCCCOc1ccc(S(=O)(=O)N[C@@H]2CCCC[C@H]2C)cc1C. The van der Waals surface area contributed by atoms with Crippen molar-refractivity contribution >= 4 is 10.0 Å². The number of rotatable bonds is 7. The number of hydrogen-bond donors (Lipinski definition) is 1. The quantitative estimate of drug-likeness (QED) is 0.763. The predicted octanol–water partition coefficient (Wildman–Crippen LogP) is 4.03. The van der Waals surface area contributed by atoms with Crippen LogP contribution < -0.4 is 9.46 Å². The van der Waals surface area contributed by atoms with Gasteiger partial charge < -0.3 is 4.74 Å². The molecule has 0 radical (unpaired) electrons. The first-order valence-electron chi connectivity index (χ1n) is 8.70. The van der Waals surface area contributed by atoms with Gasteiger partial charge in [-0.15, -0.1) is 0 Å². The molecule has 2 atom stereocenters. The highest BCUT2D eigenvalue weighted by Crippen LogP contribution is 2.27. The summed E-state index contributed by atoms with van der Waals surface area (Å²) in [5.41, 5.74) is 0.862. The molecule has 23 heavy (non-hydrogen) atoms. The van der Waals surface area contributed by atoms with Crippen LogP contribution in [0, 0.1) is 12.8 Å². The second-order valence-corrected chi connectivity index (χ2v) is 8.33. The van der Waals surface area contributed by atoms with Gasteiger partial charge in [0.15, 0.2) is 0 Å². The first kappa shape index (κ1) is 18.3. The molecule has 0 spiro atoms. The minimum absolute atomic E-state index is 0.0505. The van der Waals surface area contributed by atoms with Gasteiger partial charge in [0.05, 0.1) is 11.5 Å². The third-order valence-electron chi connectivity index (χ3n) is 4.63. The van der Waals surface area contributed by atoms with E-state index < -0.39 is 10.0 Å². The average molecular weight is 340 g/mol. The molecule has 4 nitrogen and oxygen atoms in total. The maximum Gasteiger partial charge on any atom is 0.240 e. The predicted molar refractivity (Wildman–Crippen MR) is 93.3 cm³/mol. The van der Waals surface area contributed by atoms with Crippen LogP contribution >= 0.6 is 0 Å². The molecule has 1 aliphatic carbocycles. The highest BCUT2D eigenvalue weighted by molar-refractivity contribution is 7.89. The van der Waals surface area contributed by atoms with Gasteiger partial charge in [0.25, 0.3) is 0 Å². The van der Waals surface area contributed by atoms with Crippen LogP contribution in [0.5, 0.6) is 5.75 Å². The molecule has 5 heteroatoms. The van der Waals surface area contributed by atoms with Gasteiger partial charge in [-0.3, -0.25) is 0 Å². The Morgan fingerprint density at radius 1 is 1.26 bits per heavy atom. The Bertz CT molecular complexity index is 613. The molecule has 0 unspecified atom stereocenters. The molecule has 130 valence electrons. The van der Waals surface area contributed by atoms with E-state index in [1.807, 2.05) is 6.92 Å². The van der Waals surface area contributed by atoms with Crippen LogP contribution in [0.1, 0.15) is 57.9 Å². The largest absolute Gasteiger partial charge is 0.493 e. The maximum atomic E-state index is 12.6. The molecule has 2 rings (SSSR count). The highest BCUT2D eigenvalue weighted by Gasteiger charge is 2.27. The lowest BCUT2D eigenvalue weighted by Gasteiger charge is -2.29. The van der Waals surface area contributed by atoms with Gasteiger partial charge in [-0.2, -0.15) is 0 Å². The summed E-state index contributed by atoms with van der Waals surface area (Å²) in [6.45, 7) is 6.80. The van der Waals surface area contributed by atoms with E-state index in [2.05, 4.69) is 18.6 Å². The van der Waals surface area contributed by atoms with Crippen LogP contribution in [0.2, 0.25) is 0 Å². The van der Waals surface area contributed by atoms with Crippen molar-refractivity contribution in [2.24, 2.45) is 5.92 Å². The van der Waals surface area contributed by atoms with Crippen molar-refractivity contribution in [2.45, 2.75) is 70.2 Å². The van der Waals surface area contributed by atoms with E-state index >= 15 is 0 Å². The second-order valence-electron chi connectivity index (χ2n) is 6.62. The summed E-state index contributed by atoms with van der Waals surface area (Å²) in [6, 6.07) is 5.17. The van der Waals surface area contributed by atoms with E-state index in [0.717, 1.165) is 43.4 Å². The minimum Gasteiger partial charge on any atom is -0.493 e. The summed E-state index contributed by atoms with van der Waals surface area (Å²) in [4.78, 5) is 0.329. The summed E-state index contributed by atoms with van der Waals surface area (Å²) in [5.74, 6) is 1.17. The van der Waals surface area contributed by atoms with Crippen LogP contribution in [0.25, 0.3) is 0 Å². The van der Waals surface area contributed by atoms with Crippen molar-refractivity contribution in [3.05, 3.63) is 23.8 Å². The first-order valence-corrected chi connectivity index (χ1v) is 10.2. The molecule has 1 saturated carbocycles. The van der Waals surface area contributed by atoms with E-state index in [-0.39, 0.29) is 6.04 Å². The van der Waals surface area contributed by atoms with Gasteiger partial charge >= 0.3 is 0 Å². The third-order valence-corrected chi connectivity index (χ3v) is 6.12. The Balaban J connectivity index is 2.08. The Kier molecular flexibility index (Phi) is 6.48. The maximum absolute atomic E-state index is 12.6. The molecule has 1 aromatic carbocycles. The van der Waals surface area contributed by atoms with Crippen molar-refractivity contribution < 1.29 is 13.2 Å². The molecule has 0 aliphatic heterocycles. The van der Waals surface area contributed by atoms with Gasteiger partial charge in [-0.05, 0) is 55.9 Å². The van der Waals surface area contributed by atoms with Crippen molar-refractivity contribution in [1.82, 2.24) is 4.72 Å². The summed E-state index contributed by atoms with van der Waals surface area (Å²) < 4.78 is 33.8.